The Balaban J connectivity index is 1.76. The predicted molar refractivity (Wildman–Crippen MR) is 92.5 cm³/mol. The Morgan fingerprint density at radius 2 is 1.88 bits per heavy atom. The van der Waals surface area contributed by atoms with E-state index in [-0.39, 0.29) is 16.0 Å². The zero-order valence-corrected chi connectivity index (χ0v) is 14.8. The van der Waals surface area contributed by atoms with Crippen molar-refractivity contribution in [2.75, 3.05) is 0 Å². The summed E-state index contributed by atoms with van der Waals surface area (Å²) < 4.78 is 33.8. The van der Waals surface area contributed by atoms with Crippen molar-refractivity contribution < 1.29 is 17.6 Å². The molecule has 1 fully saturated rings. The zero-order chi connectivity index (χ0) is 17.3. The first-order valence-corrected chi connectivity index (χ1v) is 9.60. The van der Waals surface area contributed by atoms with E-state index < -0.39 is 15.3 Å². The third-order valence-electron chi connectivity index (χ3n) is 3.48. The van der Waals surface area contributed by atoms with Crippen molar-refractivity contribution >= 4 is 32.9 Å². The van der Waals surface area contributed by atoms with Gasteiger partial charge in [0, 0.05) is 6.42 Å². The molecule has 2 aromatic rings. The molecule has 0 saturated carbocycles. The third kappa shape index (κ3) is 3.70. The average Bonchev–Trinajstić information content (AvgIpc) is 3.05. The Kier molecular flexibility index (Phi) is 4.51. The van der Waals surface area contributed by atoms with Crippen LogP contribution in [-0.4, -0.2) is 24.7 Å². The highest BCUT2D eigenvalue weighted by atomic mass is 32.2. The molecule has 1 atom stereocenters. The van der Waals surface area contributed by atoms with Crippen LogP contribution in [0.3, 0.4) is 0 Å². The van der Waals surface area contributed by atoms with Gasteiger partial charge in [-0.15, -0.1) is 4.40 Å². The van der Waals surface area contributed by atoms with E-state index in [1.807, 2.05) is 19.9 Å². The molecule has 1 aliphatic heterocycles. The first-order chi connectivity index (χ1) is 11.3. The van der Waals surface area contributed by atoms with Gasteiger partial charge in [0.15, 0.2) is 5.17 Å². The molecule has 1 aromatic heterocycles. The summed E-state index contributed by atoms with van der Waals surface area (Å²) in [6, 6.07) is 10.0. The minimum Gasteiger partial charge on any atom is -0.466 e. The molecule has 1 amide bonds. The molecule has 0 aliphatic carbocycles. The number of benzene rings is 1. The topological polar surface area (TPSA) is 88.7 Å². The van der Waals surface area contributed by atoms with Crippen LogP contribution in [0.25, 0.3) is 0 Å². The molecular weight excluding hydrogens is 348 g/mol. The molecule has 0 spiro atoms. The van der Waals surface area contributed by atoms with Gasteiger partial charge < -0.3 is 9.73 Å². The smallest absolute Gasteiger partial charge is 0.284 e. The van der Waals surface area contributed by atoms with Crippen LogP contribution < -0.4 is 5.32 Å². The molecule has 1 aromatic carbocycles. The number of hydrogen-bond donors (Lipinski definition) is 1. The lowest BCUT2D eigenvalue weighted by Gasteiger charge is -2.02. The van der Waals surface area contributed by atoms with Crippen molar-refractivity contribution in [2.24, 2.45) is 4.40 Å². The van der Waals surface area contributed by atoms with Gasteiger partial charge in [0.05, 0.1) is 10.1 Å². The van der Waals surface area contributed by atoms with Crippen molar-refractivity contribution in [3.8, 4) is 0 Å². The number of hydrogen-bond acceptors (Lipinski definition) is 5. The third-order valence-corrected chi connectivity index (χ3v) is 5.97. The molecule has 24 heavy (non-hydrogen) atoms. The highest BCUT2D eigenvalue weighted by Gasteiger charge is 2.32. The molecule has 1 saturated heterocycles. The van der Waals surface area contributed by atoms with E-state index in [1.165, 1.54) is 12.1 Å². The molecule has 1 N–H and O–H groups in total. The molecule has 3 rings (SSSR count). The number of carbonyl (C=O) groups is 1. The second kappa shape index (κ2) is 6.45. The lowest BCUT2D eigenvalue weighted by molar-refractivity contribution is -0.118. The fourth-order valence-corrected chi connectivity index (χ4v) is 4.39. The monoisotopic (exact) mass is 364 g/mol. The maximum Gasteiger partial charge on any atom is 0.284 e. The summed E-state index contributed by atoms with van der Waals surface area (Å²) in [5.74, 6) is 1.18. The van der Waals surface area contributed by atoms with Gasteiger partial charge in [-0.25, -0.2) is 0 Å². The standard InChI is InChI=1S/C16H16N2O4S2/c1-10-3-7-13(8-4-10)24(20,21)18-16-17-15(19)14(23-16)9-12-6-5-11(2)22-12/h3-8,14H,9H2,1-2H3,(H,17,18,19). The molecule has 126 valence electrons. The van der Waals surface area contributed by atoms with Crippen LogP contribution in [0.15, 0.2) is 50.1 Å². The Bertz CT molecular complexity index is 898. The molecule has 1 unspecified atom stereocenters. The van der Waals surface area contributed by atoms with Gasteiger partial charge in [-0.3, -0.25) is 4.79 Å². The van der Waals surface area contributed by atoms with Gasteiger partial charge in [-0.1, -0.05) is 29.5 Å². The van der Waals surface area contributed by atoms with Gasteiger partial charge in [-0.05, 0) is 38.1 Å². The lowest BCUT2D eigenvalue weighted by Crippen LogP contribution is -2.26. The molecule has 0 bridgehead atoms. The number of amidine groups is 1. The van der Waals surface area contributed by atoms with Crippen LogP contribution >= 0.6 is 11.8 Å². The fraction of sp³-hybridized carbons (Fsp3) is 0.250. The molecule has 8 heteroatoms. The first kappa shape index (κ1) is 16.8. The Hall–Kier alpha value is -2.06. The SMILES string of the molecule is Cc1ccc(S(=O)(=O)N=C2NC(=O)C(Cc3ccc(C)o3)S2)cc1. The van der Waals surface area contributed by atoms with Crippen LogP contribution in [0.5, 0.6) is 0 Å². The van der Waals surface area contributed by atoms with Gasteiger partial charge in [0.1, 0.15) is 11.5 Å². The van der Waals surface area contributed by atoms with Crippen LogP contribution in [0.4, 0.5) is 0 Å². The van der Waals surface area contributed by atoms with Crippen molar-refractivity contribution in [1.82, 2.24) is 5.32 Å². The second-order valence-electron chi connectivity index (χ2n) is 5.50. The van der Waals surface area contributed by atoms with Gasteiger partial charge in [0.2, 0.25) is 5.91 Å². The number of carbonyl (C=O) groups excluding carboxylic acids is 1. The van der Waals surface area contributed by atoms with Crippen molar-refractivity contribution in [1.29, 1.82) is 0 Å². The van der Waals surface area contributed by atoms with Crippen LogP contribution in [-0.2, 0) is 21.2 Å². The van der Waals surface area contributed by atoms with E-state index in [2.05, 4.69) is 9.71 Å². The minimum absolute atomic E-state index is 0.0915. The quantitative estimate of drug-likeness (QED) is 0.900. The highest BCUT2D eigenvalue weighted by molar-refractivity contribution is 8.16. The Morgan fingerprint density at radius 1 is 1.17 bits per heavy atom. The van der Waals surface area contributed by atoms with E-state index in [4.69, 9.17) is 4.42 Å². The van der Waals surface area contributed by atoms with Gasteiger partial charge in [0.25, 0.3) is 10.0 Å². The van der Waals surface area contributed by atoms with Crippen molar-refractivity contribution in [2.45, 2.75) is 30.4 Å². The van der Waals surface area contributed by atoms with Gasteiger partial charge in [-0.2, -0.15) is 8.42 Å². The molecular formula is C16H16N2O4S2. The van der Waals surface area contributed by atoms with Crippen LogP contribution in [0.1, 0.15) is 17.1 Å². The number of furan rings is 1. The normalized spacial score (nSPS) is 19.7. The summed E-state index contributed by atoms with van der Waals surface area (Å²) >= 11 is 1.10. The summed E-state index contributed by atoms with van der Waals surface area (Å²) in [6.45, 7) is 3.70. The van der Waals surface area contributed by atoms with Crippen LogP contribution in [0.2, 0.25) is 0 Å². The van der Waals surface area contributed by atoms with E-state index >= 15 is 0 Å². The predicted octanol–water partition coefficient (Wildman–Crippen LogP) is 2.42. The van der Waals surface area contributed by atoms with E-state index in [0.717, 1.165) is 23.1 Å². The number of amides is 1. The maximum atomic E-state index is 12.3. The highest BCUT2D eigenvalue weighted by Crippen LogP contribution is 2.25. The zero-order valence-electron chi connectivity index (χ0n) is 13.1. The fourth-order valence-electron chi connectivity index (χ4n) is 2.23. The molecule has 2 heterocycles. The Labute approximate surface area is 144 Å². The van der Waals surface area contributed by atoms with Gasteiger partial charge >= 0.3 is 0 Å². The Morgan fingerprint density at radius 3 is 2.50 bits per heavy atom. The second-order valence-corrected chi connectivity index (χ2v) is 8.29. The lowest BCUT2D eigenvalue weighted by atomic mass is 10.2. The maximum absolute atomic E-state index is 12.3. The molecule has 0 radical (unpaired) electrons. The van der Waals surface area contributed by atoms with Crippen molar-refractivity contribution in [3.05, 3.63) is 53.5 Å². The number of nitrogens with one attached hydrogen (secondary N) is 1. The van der Waals surface area contributed by atoms with E-state index in [0.29, 0.717) is 12.2 Å². The first-order valence-electron chi connectivity index (χ1n) is 7.28. The van der Waals surface area contributed by atoms with Crippen LogP contribution in [0, 0.1) is 13.8 Å². The van der Waals surface area contributed by atoms with Crippen molar-refractivity contribution in [3.63, 3.8) is 0 Å². The largest absolute Gasteiger partial charge is 0.466 e. The number of nitrogens with zero attached hydrogens (tertiary/aromatic N) is 1. The number of sulfonamides is 1. The summed E-state index contributed by atoms with van der Waals surface area (Å²) in [5.41, 5.74) is 0.957. The summed E-state index contributed by atoms with van der Waals surface area (Å²) in [5, 5.41) is 2.16. The number of aryl methyl sites for hydroxylation is 2. The summed E-state index contributed by atoms with van der Waals surface area (Å²) in [4.78, 5) is 12.1. The summed E-state index contributed by atoms with van der Waals surface area (Å²) in [7, 11) is -3.85. The number of rotatable bonds is 4. The van der Waals surface area contributed by atoms with E-state index in [9.17, 15) is 13.2 Å². The molecule has 6 nitrogen and oxygen atoms in total. The average molecular weight is 364 g/mol. The van der Waals surface area contributed by atoms with E-state index in [1.54, 1.807) is 18.2 Å². The minimum atomic E-state index is -3.85. The molecule has 1 aliphatic rings. The number of thioether (sulfide) groups is 1. The summed E-state index contributed by atoms with van der Waals surface area (Å²) in [6.07, 6.45) is 0.383.